The molecule has 1 aliphatic carbocycles. The summed E-state index contributed by atoms with van der Waals surface area (Å²) in [7, 11) is 0. The lowest BCUT2D eigenvalue weighted by molar-refractivity contribution is -0.0819. The van der Waals surface area contributed by atoms with Gasteiger partial charge in [0.05, 0.1) is 12.6 Å². The number of ether oxygens (including phenoxy) is 2. The molecule has 1 aromatic rings. The molecular formula is C16H24N2O4. The standard InChI is InChI=1S/C16H24N2O4/c1-2-13-15(17-10-22-13)16(19)18-12-6-7-20-9-14(12)21-8-11-4-3-5-11/h10-12,14H,2-9H2,1H3,(H,18,19)/t12-,14-/m1/s1. The Hall–Kier alpha value is -1.40. The molecule has 0 bridgehead atoms. The molecule has 1 saturated heterocycles. The maximum absolute atomic E-state index is 12.4. The van der Waals surface area contributed by atoms with Crippen LogP contribution in [0.15, 0.2) is 10.8 Å². The molecule has 2 atom stereocenters. The molecule has 2 heterocycles. The molecule has 22 heavy (non-hydrogen) atoms. The number of rotatable bonds is 6. The van der Waals surface area contributed by atoms with E-state index in [2.05, 4.69) is 10.3 Å². The summed E-state index contributed by atoms with van der Waals surface area (Å²) in [6.07, 6.45) is 6.48. The molecule has 1 aliphatic heterocycles. The number of carbonyl (C=O) groups is 1. The van der Waals surface area contributed by atoms with Gasteiger partial charge in [-0.25, -0.2) is 4.98 Å². The number of nitrogens with one attached hydrogen (secondary N) is 1. The lowest BCUT2D eigenvalue weighted by atomic mass is 9.86. The SMILES string of the molecule is CCc1ocnc1C(=O)N[C@@H]1CCOC[C@H]1OCC1CCC1. The summed E-state index contributed by atoms with van der Waals surface area (Å²) in [5, 5.41) is 3.04. The van der Waals surface area contributed by atoms with Crippen LogP contribution in [0, 0.1) is 5.92 Å². The number of hydrogen-bond acceptors (Lipinski definition) is 5. The molecule has 6 nitrogen and oxygen atoms in total. The normalized spacial score (nSPS) is 25.7. The van der Waals surface area contributed by atoms with Crippen LogP contribution in [0.1, 0.15) is 48.9 Å². The van der Waals surface area contributed by atoms with Crippen LogP contribution in [0.25, 0.3) is 0 Å². The predicted octanol–water partition coefficient (Wildman–Crippen LogP) is 1.94. The highest BCUT2D eigenvalue weighted by Crippen LogP contribution is 2.27. The molecule has 0 unspecified atom stereocenters. The summed E-state index contributed by atoms with van der Waals surface area (Å²) < 4.78 is 16.7. The van der Waals surface area contributed by atoms with E-state index in [0.717, 1.165) is 13.0 Å². The highest BCUT2D eigenvalue weighted by Gasteiger charge is 2.30. The Balaban J connectivity index is 1.57. The van der Waals surface area contributed by atoms with Crippen molar-refractivity contribution in [2.75, 3.05) is 19.8 Å². The van der Waals surface area contributed by atoms with Crippen molar-refractivity contribution in [3.63, 3.8) is 0 Å². The number of nitrogens with zero attached hydrogens (tertiary/aromatic N) is 1. The lowest BCUT2D eigenvalue weighted by Crippen LogP contribution is -2.50. The van der Waals surface area contributed by atoms with Gasteiger partial charge in [-0.15, -0.1) is 0 Å². The minimum absolute atomic E-state index is 0.0252. The van der Waals surface area contributed by atoms with Gasteiger partial charge in [-0.05, 0) is 25.2 Å². The van der Waals surface area contributed by atoms with E-state index in [4.69, 9.17) is 13.9 Å². The molecule has 1 aromatic heterocycles. The zero-order valence-corrected chi connectivity index (χ0v) is 13.0. The number of aromatic nitrogens is 1. The molecular weight excluding hydrogens is 284 g/mol. The number of oxazole rings is 1. The van der Waals surface area contributed by atoms with Gasteiger partial charge in [-0.1, -0.05) is 13.3 Å². The Morgan fingerprint density at radius 1 is 1.45 bits per heavy atom. The molecule has 1 amide bonds. The number of amides is 1. The summed E-state index contributed by atoms with van der Waals surface area (Å²) in [5.74, 6) is 1.12. The van der Waals surface area contributed by atoms with Crippen LogP contribution < -0.4 is 5.32 Å². The number of hydrogen-bond donors (Lipinski definition) is 1. The fourth-order valence-corrected chi connectivity index (χ4v) is 2.90. The van der Waals surface area contributed by atoms with Crippen molar-refractivity contribution >= 4 is 5.91 Å². The van der Waals surface area contributed by atoms with E-state index in [9.17, 15) is 4.79 Å². The molecule has 1 saturated carbocycles. The van der Waals surface area contributed by atoms with Crippen molar-refractivity contribution in [3.8, 4) is 0 Å². The van der Waals surface area contributed by atoms with Gasteiger partial charge in [0.2, 0.25) is 0 Å². The summed E-state index contributed by atoms with van der Waals surface area (Å²) in [5.41, 5.74) is 0.381. The third kappa shape index (κ3) is 3.50. The maximum atomic E-state index is 12.4. The van der Waals surface area contributed by atoms with Gasteiger partial charge >= 0.3 is 0 Å². The molecule has 122 valence electrons. The van der Waals surface area contributed by atoms with E-state index < -0.39 is 0 Å². The van der Waals surface area contributed by atoms with Crippen LogP contribution in [-0.2, 0) is 15.9 Å². The van der Waals surface area contributed by atoms with Crippen LogP contribution in [0.4, 0.5) is 0 Å². The highest BCUT2D eigenvalue weighted by atomic mass is 16.5. The predicted molar refractivity (Wildman–Crippen MR) is 79.7 cm³/mol. The largest absolute Gasteiger partial charge is 0.448 e. The summed E-state index contributed by atoms with van der Waals surface area (Å²) >= 11 is 0. The Morgan fingerprint density at radius 3 is 3.05 bits per heavy atom. The molecule has 2 fully saturated rings. The average molecular weight is 308 g/mol. The van der Waals surface area contributed by atoms with Gasteiger partial charge in [-0.3, -0.25) is 4.79 Å². The van der Waals surface area contributed by atoms with Gasteiger partial charge < -0.3 is 19.2 Å². The Kier molecular flexibility index (Phi) is 5.10. The zero-order valence-electron chi connectivity index (χ0n) is 13.0. The van der Waals surface area contributed by atoms with Gasteiger partial charge in [0, 0.05) is 19.6 Å². The first-order valence-electron chi connectivity index (χ1n) is 8.20. The number of aryl methyl sites for hydroxylation is 1. The molecule has 3 rings (SSSR count). The lowest BCUT2D eigenvalue weighted by Gasteiger charge is -2.34. The molecule has 0 aromatic carbocycles. The van der Waals surface area contributed by atoms with Gasteiger partial charge in [-0.2, -0.15) is 0 Å². The van der Waals surface area contributed by atoms with E-state index in [0.29, 0.717) is 37.0 Å². The summed E-state index contributed by atoms with van der Waals surface area (Å²) in [6, 6.07) is -0.0252. The molecule has 1 N–H and O–H groups in total. The smallest absolute Gasteiger partial charge is 0.273 e. The van der Waals surface area contributed by atoms with Crippen LogP contribution in [0.3, 0.4) is 0 Å². The average Bonchev–Trinajstić information content (AvgIpc) is 2.96. The van der Waals surface area contributed by atoms with Gasteiger partial charge in [0.15, 0.2) is 12.1 Å². The minimum atomic E-state index is -0.185. The first-order valence-corrected chi connectivity index (χ1v) is 8.20. The fourth-order valence-electron chi connectivity index (χ4n) is 2.90. The van der Waals surface area contributed by atoms with Crippen LogP contribution in [0.5, 0.6) is 0 Å². The van der Waals surface area contributed by atoms with Crippen molar-refractivity contribution in [1.82, 2.24) is 10.3 Å². The van der Waals surface area contributed by atoms with E-state index in [1.54, 1.807) is 0 Å². The summed E-state index contributed by atoms with van der Waals surface area (Å²) in [6.45, 7) is 3.89. The molecule has 6 heteroatoms. The molecule has 0 radical (unpaired) electrons. The third-order valence-corrected chi connectivity index (χ3v) is 4.57. The first-order chi connectivity index (χ1) is 10.8. The van der Waals surface area contributed by atoms with Crippen molar-refractivity contribution < 1.29 is 18.7 Å². The molecule has 0 spiro atoms. The quantitative estimate of drug-likeness (QED) is 0.869. The number of carbonyl (C=O) groups excluding carboxylic acids is 1. The Bertz CT molecular complexity index is 498. The van der Waals surface area contributed by atoms with Crippen LogP contribution in [0.2, 0.25) is 0 Å². The highest BCUT2D eigenvalue weighted by molar-refractivity contribution is 5.93. The Morgan fingerprint density at radius 2 is 2.32 bits per heavy atom. The Labute approximate surface area is 130 Å². The fraction of sp³-hybridized carbons (Fsp3) is 0.750. The van der Waals surface area contributed by atoms with Gasteiger partial charge in [0.1, 0.15) is 11.9 Å². The van der Waals surface area contributed by atoms with Crippen LogP contribution >= 0.6 is 0 Å². The van der Waals surface area contributed by atoms with Crippen molar-refractivity contribution in [2.24, 2.45) is 5.92 Å². The van der Waals surface area contributed by atoms with E-state index in [1.165, 1.54) is 25.7 Å². The van der Waals surface area contributed by atoms with Crippen LogP contribution in [-0.4, -0.2) is 42.9 Å². The van der Waals surface area contributed by atoms with Crippen molar-refractivity contribution in [3.05, 3.63) is 17.8 Å². The third-order valence-electron chi connectivity index (χ3n) is 4.57. The second kappa shape index (κ2) is 7.24. The minimum Gasteiger partial charge on any atom is -0.448 e. The second-order valence-electron chi connectivity index (χ2n) is 6.09. The maximum Gasteiger partial charge on any atom is 0.273 e. The van der Waals surface area contributed by atoms with E-state index >= 15 is 0 Å². The molecule has 2 aliphatic rings. The van der Waals surface area contributed by atoms with Crippen molar-refractivity contribution in [2.45, 2.75) is 51.2 Å². The second-order valence-corrected chi connectivity index (χ2v) is 6.09. The first kappa shape index (κ1) is 15.5. The topological polar surface area (TPSA) is 73.6 Å². The van der Waals surface area contributed by atoms with E-state index in [1.807, 2.05) is 6.92 Å². The van der Waals surface area contributed by atoms with Gasteiger partial charge in [0.25, 0.3) is 5.91 Å². The van der Waals surface area contributed by atoms with E-state index in [-0.39, 0.29) is 18.1 Å². The monoisotopic (exact) mass is 308 g/mol. The zero-order chi connectivity index (χ0) is 15.4. The summed E-state index contributed by atoms with van der Waals surface area (Å²) in [4.78, 5) is 16.4. The van der Waals surface area contributed by atoms with Crippen molar-refractivity contribution in [1.29, 1.82) is 0 Å².